The van der Waals surface area contributed by atoms with E-state index in [1.54, 1.807) is 9.36 Å². The van der Waals surface area contributed by atoms with Crippen LogP contribution >= 0.6 is 31.9 Å². The molecule has 1 aliphatic carbocycles. The van der Waals surface area contributed by atoms with Gasteiger partial charge in [0.1, 0.15) is 0 Å². The molecule has 4 rings (SSSR count). The molecule has 2 heterocycles. The molecule has 110 valence electrons. The van der Waals surface area contributed by atoms with Crippen molar-refractivity contribution >= 4 is 31.9 Å². The lowest BCUT2D eigenvalue weighted by molar-refractivity contribution is 0.395. The molecule has 2 bridgehead atoms. The van der Waals surface area contributed by atoms with Gasteiger partial charge < -0.3 is 0 Å². The van der Waals surface area contributed by atoms with Crippen LogP contribution in [0.15, 0.2) is 39.9 Å². The van der Waals surface area contributed by atoms with E-state index >= 15 is 0 Å². The number of aromatic nitrogens is 3. The van der Waals surface area contributed by atoms with E-state index in [2.05, 4.69) is 31.9 Å². The molecule has 0 saturated heterocycles. The highest BCUT2D eigenvalue weighted by Gasteiger charge is 2.51. The molecular weight excluding hydrogens is 402 g/mol. The number of hydrogen-bond acceptors (Lipinski definition) is 2. The van der Waals surface area contributed by atoms with Gasteiger partial charge in [-0.15, -0.1) is 0 Å². The topological polar surface area (TPSA) is 48.9 Å². The van der Waals surface area contributed by atoms with Crippen molar-refractivity contribution < 1.29 is 0 Å². The largest absolute Gasteiger partial charge is 0.347 e. The fourth-order valence-corrected chi connectivity index (χ4v) is 5.00. The van der Waals surface area contributed by atoms with Gasteiger partial charge in [0.2, 0.25) is 0 Å². The minimum absolute atomic E-state index is 0.0524. The van der Waals surface area contributed by atoms with E-state index < -0.39 is 0 Å². The molecule has 1 aromatic carbocycles. The summed E-state index contributed by atoms with van der Waals surface area (Å²) in [6.45, 7) is 0.324. The Hall–Kier alpha value is -1.08. The molecule has 0 radical (unpaired) electrons. The molecule has 5 nitrogen and oxygen atoms in total. The van der Waals surface area contributed by atoms with Gasteiger partial charge in [-0.25, -0.2) is 23.5 Å². The minimum Gasteiger partial charge on any atom is -0.246 e. The van der Waals surface area contributed by atoms with Crippen LogP contribution in [0.2, 0.25) is 0 Å². The molecular formula is C14H13Br2N3O2. The first-order chi connectivity index (χ1) is 10.1. The van der Waals surface area contributed by atoms with Crippen LogP contribution in [0.25, 0.3) is 0 Å². The second-order valence-corrected chi connectivity index (χ2v) is 7.70. The van der Waals surface area contributed by atoms with Gasteiger partial charge in [0.25, 0.3) is 0 Å². The lowest BCUT2D eigenvalue weighted by atomic mass is 10.2. The van der Waals surface area contributed by atoms with Crippen molar-refractivity contribution in [2.45, 2.75) is 34.7 Å². The number of fused-ring (bicyclic) bond motifs is 5. The highest BCUT2D eigenvalue weighted by Crippen LogP contribution is 2.49. The van der Waals surface area contributed by atoms with E-state index in [1.165, 1.54) is 4.57 Å². The normalized spacial score (nSPS) is 29.8. The number of nitrogens with zero attached hydrogens (tertiary/aromatic N) is 3. The van der Waals surface area contributed by atoms with E-state index in [-0.39, 0.29) is 33.1 Å². The second kappa shape index (κ2) is 4.71. The Bertz CT molecular complexity index is 762. The van der Waals surface area contributed by atoms with Gasteiger partial charge in [-0.1, -0.05) is 62.2 Å². The van der Waals surface area contributed by atoms with E-state index in [0.29, 0.717) is 6.54 Å². The third-order valence-corrected chi connectivity index (χ3v) is 7.49. The molecule has 2 aliphatic rings. The van der Waals surface area contributed by atoms with Gasteiger partial charge in [0, 0.05) is 0 Å². The van der Waals surface area contributed by atoms with Crippen molar-refractivity contribution in [2.24, 2.45) is 0 Å². The minimum atomic E-state index is -0.208. The molecule has 1 saturated carbocycles. The standard InChI is InChI=1S/C14H13Br2N3O2/c15-11-9-6-10(12(11)16)19-14(21)17(13(20)18(9)19)7-8-4-2-1-3-5-8/h1-5,9-12H,6-7H2/t9-,10-,11-,12+/m0/s1. The third kappa shape index (κ3) is 1.80. The zero-order valence-electron chi connectivity index (χ0n) is 11.0. The fraction of sp³-hybridized carbons (Fsp3) is 0.429. The first-order valence-corrected chi connectivity index (χ1v) is 8.68. The van der Waals surface area contributed by atoms with E-state index in [9.17, 15) is 9.59 Å². The quantitative estimate of drug-likeness (QED) is 0.704. The Morgan fingerprint density at radius 1 is 0.952 bits per heavy atom. The maximum Gasteiger partial charge on any atom is 0.347 e. The molecule has 7 heteroatoms. The zero-order chi connectivity index (χ0) is 14.7. The summed E-state index contributed by atoms with van der Waals surface area (Å²) in [7, 11) is 0. The second-order valence-electron chi connectivity index (χ2n) is 5.59. The van der Waals surface area contributed by atoms with Gasteiger partial charge in [-0.3, -0.25) is 0 Å². The Morgan fingerprint density at radius 2 is 1.48 bits per heavy atom. The molecule has 1 aliphatic heterocycles. The molecule has 0 N–H and O–H groups in total. The zero-order valence-corrected chi connectivity index (χ0v) is 14.2. The van der Waals surface area contributed by atoms with E-state index in [0.717, 1.165) is 12.0 Å². The molecule has 21 heavy (non-hydrogen) atoms. The van der Waals surface area contributed by atoms with Crippen LogP contribution in [0.5, 0.6) is 0 Å². The third-order valence-electron chi connectivity index (χ3n) is 4.42. The van der Waals surface area contributed by atoms with Crippen LogP contribution in [0.3, 0.4) is 0 Å². The van der Waals surface area contributed by atoms with E-state index in [4.69, 9.17) is 0 Å². The van der Waals surface area contributed by atoms with Crippen LogP contribution in [-0.4, -0.2) is 23.6 Å². The number of alkyl halides is 2. The van der Waals surface area contributed by atoms with Crippen molar-refractivity contribution in [3.63, 3.8) is 0 Å². The van der Waals surface area contributed by atoms with Crippen LogP contribution in [0, 0.1) is 0 Å². The van der Waals surface area contributed by atoms with Gasteiger partial charge >= 0.3 is 11.4 Å². The number of rotatable bonds is 2. The lowest BCUT2D eigenvalue weighted by Gasteiger charge is -2.24. The Labute approximate surface area is 137 Å². The molecule has 0 unspecified atom stereocenters. The van der Waals surface area contributed by atoms with Crippen molar-refractivity contribution in [3.05, 3.63) is 56.9 Å². The maximum absolute atomic E-state index is 12.6. The first kappa shape index (κ1) is 13.6. The lowest BCUT2D eigenvalue weighted by Crippen LogP contribution is -2.38. The Balaban J connectivity index is 1.83. The average Bonchev–Trinajstić information content (AvgIpc) is 3.09. The predicted octanol–water partition coefficient (Wildman–Crippen LogP) is 1.89. The number of halogens is 2. The Morgan fingerprint density at radius 3 is 2.00 bits per heavy atom. The maximum atomic E-state index is 12.6. The van der Waals surface area contributed by atoms with Crippen molar-refractivity contribution in [1.29, 1.82) is 0 Å². The molecule has 2 aromatic rings. The van der Waals surface area contributed by atoms with Gasteiger partial charge in [0.05, 0.1) is 28.3 Å². The van der Waals surface area contributed by atoms with Crippen molar-refractivity contribution in [3.8, 4) is 0 Å². The summed E-state index contributed by atoms with van der Waals surface area (Å²) in [6.07, 6.45) is 0.836. The van der Waals surface area contributed by atoms with Gasteiger partial charge in [-0.05, 0) is 12.0 Å². The fourth-order valence-electron chi connectivity index (χ4n) is 3.42. The predicted molar refractivity (Wildman–Crippen MR) is 86.6 cm³/mol. The average molecular weight is 415 g/mol. The monoisotopic (exact) mass is 413 g/mol. The van der Waals surface area contributed by atoms with Gasteiger partial charge in [-0.2, -0.15) is 0 Å². The highest BCUT2D eigenvalue weighted by atomic mass is 79.9. The number of benzene rings is 1. The molecule has 0 amide bonds. The summed E-state index contributed by atoms with van der Waals surface area (Å²) in [5.41, 5.74) is 0.542. The molecule has 0 spiro atoms. The SMILES string of the molecule is O=c1n(Cc2ccccc2)c(=O)n2n1[C@H]1C[C@H]2[C@@H](Br)[C@H]1Br. The number of hydrogen-bond donors (Lipinski definition) is 0. The molecule has 1 aromatic heterocycles. The van der Waals surface area contributed by atoms with Crippen molar-refractivity contribution in [2.75, 3.05) is 0 Å². The van der Waals surface area contributed by atoms with Crippen LogP contribution in [-0.2, 0) is 6.54 Å². The summed E-state index contributed by atoms with van der Waals surface area (Å²) in [5.74, 6) is 0. The van der Waals surface area contributed by atoms with Crippen molar-refractivity contribution in [1.82, 2.24) is 13.9 Å². The molecule has 4 atom stereocenters. The van der Waals surface area contributed by atoms with Crippen LogP contribution < -0.4 is 11.4 Å². The Kier molecular flexibility index (Phi) is 3.04. The summed E-state index contributed by atoms with van der Waals surface area (Å²) in [6, 6.07) is 9.70. The highest BCUT2D eigenvalue weighted by molar-refractivity contribution is 9.12. The molecule has 1 fully saturated rings. The van der Waals surface area contributed by atoms with Crippen LogP contribution in [0.1, 0.15) is 24.1 Å². The smallest absolute Gasteiger partial charge is 0.246 e. The summed E-state index contributed by atoms with van der Waals surface area (Å²) >= 11 is 7.27. The summed E-state index contributed by atoms with van der Waals surface area (Å²) in [5, 5.41) is 0. The summed E-state index contributed by atoms with van der Waals surface area (Å²) in [4.78, 5) is 25.6. The first-order valence-electron chi connectivity index (χ1n) is 6.85. The van der Waals surface area contributed by atoms with Gasteiger partial charge in [0.15, 0.2) is 0 Å². The van der Waals surface area contributed by atoms with E-state index in [1.807, 2.05) is 30.3 Å². The van der Waals surface area contributed by atoms with Crippen LogP contribution in [0.4, 0.5) is 0 Å². The summed E-state index contributed by atoms with van der Waals surface area (Å²) < 4.78 is 4.60.